The number of nitrogens with zero attached hydrogens (tertiary/aromatic N) is 5. The van der Waals surface area contributed by atoms with Gasteiger partial charge < -0.3 is 20.5 Å². The maximum Gasteiger partial charge on any atom is 0.138 e. The van der Waals surface area contributed by atoms with Crippen LogP contribution in [0, 0.1) is 11.3 Å². The van der Waals surface area contributed by atoms with Gasteiger partial charge in [-0.1, -0.05) is 0 Å². The average molecular weight is 378 g/mol. The van der Waals surface area contributed by atoms with Crippen molar-refractivity contribution in [1.29, 1.82) is 5.26 Å². The average Bonchev–Trinajstić information content (AvgIpc) is 3.15. The van der Waals surface area contributed by atoms with Crippen LogP contribution >= 0.6 is 0 Å². The standard InChI is InChI=1S/C20H22N6O2/c21-9-15-11-24-26-13-17(28-7-6-27)8-18(20(15)26)14-3-4-19(23-10-14)25-5-1-2-16(22)12-25/h3-4,8,10-11,13,16,27H,1-2,5-7,12,22H2. The number of anilines is 1. The van der Waals surface area contributed by atoms with Gasteiger partial charge in [0.1, 0.15) is 24.2 Å². The largest absolute Gasteiger partial charge is 0.490 e. The molecule has 4 rings (SSSR count). The van der Waals surface area contributed by atoms with Gasteiger partial charge in [0.25, 0.3) is 0 Å². The minimum atomic E-state index is -0.0792. The van der Waals surface area contributed by atoms with Crippen molar-refractivity contribution in [2.24, 2.45) is 5.73 Å². The first-order valence-electron chi connectivity index (χ1n) is 9.31. The third-order valence-corrected chi connectivity index (χ3v) is 4.91. The second-order valence-corrected chi connectivity index (χ2v) is 6.88. The number of aromatic nitrogens is 3. The highest BCUT2D eigenvalue weighted by molar-refractivity contribution is 5.85. The lowest BCUT2D eigenvalue weighted by Crippen LogP contribution is -2.43. The molecule has 1 fully saturated rings. The van der Waals surface area contributed by atoms with Gasteiger partial charge in [-0.3, -0.25) is 0 Å². The number of pyridine rings is 2. The number of nitrogens with two attached hydrogens (primary N) is 1. The second kappa shape index (κ2) is 7.84. The quantitative estimate of drug-likeness (QED) is 0.693. The zero-order chi connectivity index (χ0) is 19.5. The first-order chi connectivity index (χ1) is 13.7. The van der Waals surface area contributed by atoms with Crippen LogP contribution in [0.15, 0.2) is 36.8 Å². The molecule has 1 aliphatic rings. The van der Waals surface area contributed by atoms with Crippen molar-refractivity contribution < 1.29 is 9.84 Å². The fourth-order valence-electron chi connectivity index (χ4n) is 3.59. The molecule has 1 unspecified atom stereocenters. The molecule has 1 saturated heterocycles. The number of hydrogen-bond donors (Lipinski definition) is 2. The highest BCUT2D eigenvalue weighted by Crippen LogP contribution is 2.31. The van der Waals surface area contributed by atoms with Gasteiger partial charge in [-0.25, -0.2) is 9.50 Å². The summed E-state index contributed by atoms with van der Waals surface area (Å²) in [4.78, 5) is 6.83. The number of hydrogen-bond acceptors (Lipinski definition) is 7. The Kier molecular flexibility index (Phi) is 5.10. The molecule has 144 valence electrons. The van der Waals surface area contributed by atoms with Crippen molar-refractivity contribution in [2.75, 3.05) is 31.2 Å². The Morgan fingerprint density at radius 1 is 1.36 bits per heavy atom. The number of piperidine rings is 1. The lowest BCUT2D eigenvalue weighted by atomic mass is 10.0. The monoisotopic (exact) mass is 378 g/mol. The first-order valence-corrected chi connectivity index (χ1v) is 9.31. The third-order valence-electron chi connectivity index (χ3n) is 4.91. The number of aliphatic hydroxyl groups is 1. The summed E-state index contributed by atoms with van der Waals surface area (Å²) in [7, 11) is 0. The molecule has 4 heterocycles. The second-order valence-electron chi connectivity index (χ2n) is 6.88. The molecule has 3 aromatic rings. The summed E-state index contributed by atoms with van der Waals surface area (Å²) in [5.74, 6) is 1.46. The van der Waals surface area contributed by atoms with Crippen LogP contribution in [-0.2, 0) is 0 Å². The lowest BCUT2D eigenvalue weighted by molar-refractivity contribution is 0.201. The Hall–Kier alpha value is -3.15. The SMILES string of the molecule is N#Cc1cnn2cc(OCCO)cc(-c3ccc(N4CCCC(N)C4)nc3)c12. The zero-order valence-corrected chi connectivity index (χ0v) is 15.5. The van der Waals surface area contributed by atoms with Crippen molar-refractivity contribution in [3.05, 3.63) is 42.4 Å². The molecule has 3 aromatic heterocycles. The fourth-order valence-corrected chi connectivity index (χ4v) is 3.59. The van der Waals surface area contributed by atoms with E-state index >= 15 is 0 Å². The van der Waals surface area contributed by atoms with E-state index in [0.717, 1.165) is 42.9 Å². The highest BCUT2D eigenvalue weighted by atomic mass is 16.5. The Bertz CT molecular complexity index is 1010. The summed E-state index contributed by atoms with van der Waals surface area (Å²) in [5, 5.41) is 22.7. The third kappa shape index (κ3) is 3.50. The van der Waals surface area contributed by atoms with Crippen molar-refractivity contribution >= 4 is 11.3 Å². The van der Waals surface area contributed by atoms with Gasteiger partial charge in [-0.2, -0.15) is 10.4 Å². The Morgan fingerprint density at radius 3 is 2.96 bits per heavy atom. The van der Waals surface area contributed by atoms with Crippen LogP contribution in [0.5, 0.6) is 5.75 Å². The smallest absolute Gasteiger partial charge is 0.138 e. The van der Waals surface area contributed by atoms with Crippen LogP contribution in [0.1, 0.15) is 18.4 Å². The van der Waals surface area contributed by atoms with Crippen LogP contribution < -0.4 is 15.4 Å². The van der Waals surface area contributed by atoms with Crippen LogP contribution in [-0.4, -0.2) is 52.0 Å². The van der Waals surface area contributed by atoms with E-state index in [0.29, 0.717) is 16.8 Å². The van der Waals surface area contributed by atoms with Crippen molar-refractivity contribution in [3.63, 3.8) is 0 Å². The van der Waals surface area contributed by atoms with E-state index in [1.165, 1.54) is 6.20 Å². The van der Waals surface area contributed by atoms with Crippen LogP contribution in [0.2, 0.25) is 0 Å². The van der Waals surface area contributed by atoms with E-state index < -0.39 is 0 Å². The van der Waals surface area contributed by atoms with E-state index in [2.05, 4.69) is 21.1 Å². The molecule has 0 bridgehead atoms. The molecule has 0 amide bonds. The molecule has 0 aliphatic carbocycles. The van der Waals surface area contributed by atoms with Gasteiger partial charge in [0, 0.05) is 36.5 Å². The first kappa shape index (κ1) is 18.2. The Morgan fingerprint density at radius 2 is 2.25 bits per heavy atom. The van der Waals surface area contributed by atoms with Gasteiger partial charge in [0.2, 0.25) is 0 Å². The van der Waals surface area contributed by atoms with Gasteiger partial charge in [0.15, 0.2) is 0 Å². The van der Waals surface area contributed by atoms with Crippen LogP contribution in [0.4, 0.5) is 5.82 Å². The summed E-state index contributed by atoms with van der Waals surface area (Å²) in [6.07, 6.45) is 7.15. The summed E-state index contributed by atoms with van der Waals surface area (Å²) in [5.41, 5.74) is 8.93. The molecule has 0 aromatic carbocycles. The fraction of sp³-hybridized carbons (Fsp3) is 0.350. The molecule has 8 heteroatoms. The topological polar surface area (TPSA) is 113 Å². The number of fused-ring (bicyclic) bond motifs is 1. The summed E-state index contributed by atoms with van der Waals surface area (Å²) >= 11 is 0. The van der Waals surface area contributed by atoms with Crippen molar-refractivity contribution in [3.8, 4) is 22.9 Å². The van der Waals surface area contributed by atoms with Crippen molar-refractivity contribution in [2.45, 2.75) is 18.9 Å². The molecule has 0 spiro atoms. The maximum absolute atomic E-state index is 9.44. The number of rotatable bonds is 5. The van der Waals surface area contributed by atoms with Gasteiger partial charge in [-0.15, -0.1) is 0 Å². The minimum absolute atomic E-state index is 0.0792. The lowest BCUT2D eigenvalue weighted by Gasteiger charge is -2.31. The molecular weight excluding hydrogens is 356 g/mol. The molecule has 8 nitrogen and oxygen atoms in total. The molecule has 28 heavy (non-hydrogen) atoms. The van der Waals surface area contributed by atoms with Crippen LogP contribution in [0.25, 0.3) is 16.6 Å². The molecule has 1 atom stereocenters. The van der Waals surface area contributed by atoms with E-state index in [-0.39, 0.29) is 19.3 Å². The highest BCUT2D eigenvalue weighted by Gasteiger charge is 2.19. The van der Waals surface area contributed by atoms with E-state index in [1.807, 2.05) is 18.2 Å². The minimum Gasteiger partial charge on any atom is -0.490 e. The van der Waals surface area contributed by atoms with Gasteiger partial charge in [0.05, 0.1) is 30.1 Å². The number of aliphatic hydroxyl groups excluding tert-OH is 1. The van der Waals surface area contributed by atoms with E-state index in [1.54, 1.807) is 16.9 Å². The van der Waals surface area contributed by atoms with E-state index in [9.17, 15) is 5.26 Å². The number of nitriles is 1. The summed E-state index contributed by atoms with van der Waals surface area (Å²) in [6, 6.07) is 8.18. The van der Waals surface area contributed by atoms with Gasteiger partial charge >= 0.3 is 0 Å². The Balaban J connectivity index is 1.72. The maximum atomic E-state index is 9.44. The van der Waals surface area contributed by atoms with Crippen molar-refractivity contribution in [1.82, 2.24) is 14.6 Å². The predicted molar refractivity (Wildman–Crippen MR) is 105 cm³/mol. The zero-order valence-electron chi connectivity index (χ0n) is 15.5. The summed E-state index contributed by atoms with van der Waals surface area (Å²) in [6.45, 7) is 1.87. The molecular formula is C20H22N6O2. The van der Waals surface area contributed by atoms with Crippen LogP contribution in [0.3, 0.4) is 0 Å². The predicted octanol–water partition coefficient (Wildman–Crippen LogP) is 1.57. The summed E-state index contributed by atoms with van der Waals surface area (Å²) < 4.78 is 7.19. The van der Waals surface area contributed by atoms with Gasteiger partial charge in [-0.05, 0) is 31.0 Å². The normalized spacial score (nSPS) is 16.9. The number of ether oxygens (including phenoxy) is 1. The molecule has 1 aliphatic heterocycles. The molecule has 0 radical (unpaired) electrons. The molecule has 3 N–H and O–H groups in total. The van der Waals surface area contributed by atoms with E-state index in [4.69, 9.17) is 15.6 Å². The molecule has 0 saturated carbocycles. The Labute approximate surface area is 162 Å².